The molecule has 8 heteroatoms. The number of ether oxygens (including phenoxy) is 2. The molecule has 0 amide bonds. The zero-order chi connectivity index (χ0) is 24.2. The summed E-state index contributed by atoms with van der Waals surface area (Å²) in [6.07, 6.45) is 8.03. The highest BCUT2D eigenvalue weighted by atomic mass is 16.6. The quantitative estimate of drug-likeness (QED) is 0.536. The standard InChI is InChI=1S/C27H35N5O3/c1-27(2)7-6-22(35-27)15-34-21-5-3-4-18(10-21)23-14-32(26-24(23)25(28)29-16-30-26)19-8-17(9-19)11-31-12-20(33)13-31/h3-5,10,14,16-17,19-20,22,33H,6-9,11-13,15H2,1-2H3,(H2,28,29,30)/t17-,19+,22?. The number of fused-ring (bicyclic) bond motifs is 1. The van der Waals surface area contributed by atoms with Crippen molar-refractivity contribution in [2.45, 2.75) is 63.4 Å². The minimum atomic E-state index is -0.140. The van der Waals surface area contributed by atoms with Crippen LogP contribution in [0.3, 0.4) is 0 Å². The molecule has 2 aromatic heterocycles. The molecule has 1 unspecified atom stereocenters. The molecule has 1 aliphatic carbocycles. The van der Waals surface area contributed by atoms with Gasteiger partial charge in [-0.3, -0.25) is 4.90 Å². The van der Waals surface area contributed by atoms with Gasteiger partial charge in [0, 0.05) is 37.4 Å². The lowest BCUT2D eigenvalue weighted by Gasteiger charge is -2.43. The second-order valence-electron chi connectivity index (χ2n) is 11.1. The summed E-state index contributed by atoms with van der Waals surface area (Å²) < 4.78 is 14.5. The second-order valence-corrected chi connectivity index (χ2v) is 11.1. The van der Waals surface area contributed by atoms with E-state index in [1.807, 2.05) is 12.1 Å². The third kappa shape index (κ3) is 4.50. The summed E-state index contributed by atoms with van der Waals surface area (Å²) in [5.74, 6) is 1.99. The molecular formula is C27H35N5O3. The van der Waals surface area contributed by atoms with E-state index in [0.29, 0.717) is 24.4 Å². The molecule has 8 nitrogen and oxygen atoms in total. The summed E-state index contributed by atoms with van der Waals surface area (Å²) in [6, 6.07) is 8.58. The lowest BCUT2D eigenvalue weighted by Crippen LogP contribution is -2.53. The molecule has 6 rings (SSSR count). The molecule has 3 N–H and O–H groups in total. The first-order valence-corrected chi connectivity index (χ1v) is 12.8. The number of likely N-dealkylation sites (tertiary alicyclic amines) is 1. The van der Waals surface area contributed by atoms with E-state index in [0.717, 1.165) is 73.2 Å². The Bertz CT molecular complexity index is 1210. The minimum absolute atomic E-state index is 0.0632. The molecule has 0 radical (unpaired) electrons. The van der Waals surface area contributed by atoms with Crippen molar-refractivity contribution in [2.75, 3.05) is 32.0 Å². The van der Waals surface area contributed by atoms with Gasteiger partial charge in [-0.2, -0.15) is 0 Å². The van der Waals surface area contributed by atoms with Gasteiger partial charge in [0.15, 0.2) is 0 Å². The topological polar surface area (TPSA) is 98.7 Å². The van der Waals surface area contributed by atoms with Gasteiger partial charge >= 0.3 is 0 Å². The Morgan fingerprint density at radius 3 is 2.80 bits per heavy atom. The number of nitrogens with zero attached hydrogens (tertiary/aromatic N) is 4. The normalized spacial score (nSPS) is 26.5. The van der Waals surface area contributed by atoms with Crippen LogP contribution in [0.25, 0.3) is 22.2 Å². The number of nitrogen functional groups attached to an aromatic ring is 1. The highest BCUT2D eigenvalue weighted by molar-refractivity contribution is 6.00. The summed E-state index contributed by atoms with van der Waals surface area (Å²) in [5.41, 5.74) is 9.28. The van der Waals surface area contributed by atoms with E-state index in [2.05, 4.69) is 51.6 Å². The van der Waals surface area contributed by atoms with Gasteiger partial charge in [0.05, 0.1) is 23.2 Å². The average Bonchev–Trinajstić information content (AvgIpc) is 3.34. The number of rotatable bonds is 7. The lowest BCUT2D eigenvalue weighted by molar-refractivity contribution is -0.0326. The van der Waals surface area contributed by atoms with Crippen LogP contribution in [0.1, 0.15) is 45.6 Å². The molecule has 3 fully saturated rings. The average molecular weight is 478 g/mol. The fraction of sp³-hybridized carbons (Fsp3) is 0.556. The molecular weight excluding hydrogens is 442 g/mol. The highest BCUT2D eigenvalue weighted by Crippen LogP contribution is 2.43. The van der Waals surface area contributed by atoms with E-state index in [9.17, 15) is 5.11 Å². The molecule has 0 spiro atoms. The van der Waals surface area contributed by atoms with Crippen molar-refractivity contribution < 1.29 is 14.6 Å². The second kappa shape index (κ2) is 8.76. The Balaban J connectivity index is 1.21. The molecule has 1 saturated carbocycles. The van der Waals surface area contributed by atoms with Gasteiger partial charge in [-0.25, -0.2) is 9.97 Å². The van der Waals surface area contributed by atoms with E-state index in [1.165, 1.54) is 0 Å². The van der Waals surface area contributed by atoms with Crippen LogP contribution in [0, 0.1) is 5.92 Å². The Kier molecular flexibility index (Phi) is 5.70. The number of aliphatic hydroxyl groups excluding tert-OH is 1. The molecule has 0 bridgehead atoms. The largest absolute Gasteiger partial charge is 0.491 e. The molecule has 3 aromatic rings. The van der Waals surface area contributed by atoms with Crippen molar-refractivity contribution in [2.24, 2.45) is 5.92 Å². The van der Waals surface area contributed by atoms with Crippen molar-refractivity contribution in [3.63, 3.8) is 0 Å². The molecule has 4 heterocycles. The van der Waals surface area contributed by atoms with Gasteiger partial charge in [-0.1, -0.05) is 12.1 Å². The smallest absolute Gasteiger partial charge is 0.146 e. The Morgan fingerprint density at radius 1 is 1.23 bits per heavy atom. The maximum absolute atomic E-state index is 9.55. The van der Waals surface area contributed by atoms with Crippen LogP contribution in [0.2, 0.25) is 0 Å². The first-order valence-electron chi connectivity index (χ1n) is 12.8. The molecule has 35 heavy (non-hydrogen) atoms. The Morgan fingerprint density at radius 2 is 2.06 bits per heavy atom. The van der Waals surface area contributed by atoms with Gasteiger partial charge in [0.25, 0.3) is 0 Å². The molecule has 186 valence electrons. The zero-order valence-electron chi connectivity index (χ0n) is 20.6. The van der Waals surface area contributed by atoms with Crippen molar-refractivity contribution in [1.82, 2.24) is 19.4 Å². The van der Waals surface area contributed by atoms with E-state index in [-0.39, 0.29) is 17.8 Å². The summed E-state index contributed by atoms with van der Waals surface area (Å²) in [5, 5.41) is 10.5. The van der Waals surface area contributed by atoms with Crippen LogP contribution in [-0.2, 0) is 4.74 Å². The van der Waals surface area contributed by atoms with Gasteiger partial charge < -0.3 is 24.9 Å². The minimum Gasteiger partial charge on any atom is -0.491 e. The fourth-order valence-corrected chi connectivity index (χ4v) is 5.88. The van der Waals surface area contributed by atoms with Gasteiger partial charge in [-0.15, -0.1) is 0 Å². The number of anilines is 1. The number of nitrogens with two attached hydrogens (primary N) is 1. The summed E-state index contributed by atoms with van der Waals surface area (Å²) in [7, 11) is 0. The predicted molar refractivity (Wildman–Crippen MR) is 135 cm³/mol. The summed E-state index contributed by atoms with van der Waals surface area (Å²) in [6.45, 7) is 7.51. The van der Waals surface area contributed by atoms with Crippen LogP contribution < -0.4 is 10.5 Å². The van der Waals surface area contributed by atoms with Crippen LogP contribution in [0.5, 0.6) is 5.75 Å². The fourth-order valence-electron chi connectivity index (χ4n) is 5.88. The summed E-state index contributed by atoms with van der Waals surface area (Å²) >= 11 is 0. The number of benzene rings is 1. The lowest BCUT2D eigenvalue weighted by atomic mass is 9.79. The Hall–Kier alpha value is -2.68. The zero-order valence-corrected chi connectivity index (χ0v) is 20.6. The van der Waals surface area contributed by atoms with E-state index >= 15 is 0 Å². The summed E-state index contributed by atoms with van der Waals surface area (Å²) in [4.78, 5) is 11.3. The maximum atomic E-state index is 9.55. The van der Waals surface area contributed by atoms with Crippen LogP contribution in [-0.4, -0.2) is 68.6 Å². The van der Waals surface area contributed by atoms with E-state index < -0.39 is 0 Å². The maximum Gasteiger partial charge on any atom is 0.146 e. The number of aliphatic hydroxyl groups is 1. The SMILES string of the molecule is CC1(C)CCC(COc2cccc(-c3cn([C@H]4C[C@@H](CN5CC(O)C5)C4)c4ncnc(N)c34)c2)O1. The number of β-amino-alcohol motifs (C(OH)–C–C–N with tert-alkyl or cyclic N) is 1. The van der Waals surface area contributed by atoms with Crippen molar-refractivity contribution >= 4 is 16.9 Å². The van der Waals surface area contributed by atoms with Crippen molar-refractivity contribution in [3.8, 4) is 16.9 Å². The highest BCUT2D eigenvalue weighted by Gasteiger charge is 2.36. The van der Waals surface area contributed by atoms with E-state index in [4.69, 9.17) is 15.2 Å². The number of hydrogen-bond donors (Lipinski definition) is 2. The molecule has 2 aliphatic heterocycles. The van der Waals surface area contributed by atoms with Gasteiger partial charge in [-0.05, 0) is 63.1 Å². The van der Waals surface area contributed by atoms with Crippen LogP contribution in [0.15, 0.2) is 36.8 Å². The number of hydrogen-bond acceptors (Lipinski definition) is 7. The Labute approximate surface area is 206 Å². The first kappa shape index (κ1) is 22.8. The van der Waals surface area contributed by atoms with Gasteiger partial charge in [0.1, 0.15) is 30.1 Å². The predicted octanol–water partition coefficient (Wildman–Crippen LogP) is 3.64. The van der Waals surface area contributed by atoms with Crippen LogP contribution >= 0.6 is 0 Å². The first-order chi connectivity index (χ1) is 16.8. The molecule has 2 saturated heterocycles. The van der Waals surface area contributed by atoms with Crippen molar-refractivity contribution in [1.29, 1.82) is 0 Å². The van der Waals surface area contributed by atoms with Crippen LogP contribution in [0.4, 0.5) is 5.82 Å². The number of aromatic nitrogens is 3. The molecule has 1 atom stereocenters. The van der Waals surface area contributed by atoms with E-state index in [1.54, 1.807) is 6.33 Å². The van der Waals surface area contributed by atoms with Crippen molar-refractivity contribution in [3.05, 3.63) is 36.8 Å². The van der Waals surface area contributed by atoms with Gasteiger partial charge in [0.2, 0.25) is 0 Å². The third-order valence-electron chi connectivity index (χ3n) is 7.83. The molecule has 3 aliphatic rings. The monoisotopic (exact) mass is 477 g/mol. The third-order valence-corrected chi connectivity index (χ3v) is 7.83. The molecule has 1 aromatic carbocycles.